The van der Waals surface area contributed by atoms with Gasteiger partial charge in [0, 0.05) is 32.0 Å². The summed E-state index contributed by atoms with van der Waals surface area (Å²) in [6.45, 7) is 2.92. The number of rotatable bonds is 6. The molecule has 0 spiro atoms. The van der Waals surface area contributed by atoms with Crippen LogP contribution in [0.25, 0.3) is 0 Å². The van der Waals surface area contributed by atoms with Crippen molar-refractivity contribution >= 4 is 15.8 Å². The molecule has 140 valence electrons. The van der Waals surface area contributed by atoms with Gasteiger partial charge in [0.05, 0.1) is 12.0 Å². The molecule has 0 amide bonds. The van der Waals surface area contributed by atoms with Crippen molar-refractivity contribution in [3.63, 3.8) is 0 Å². The molecule has 2 rings (SSSR count). The highest BCUT2D eigenvalue weighted by molar-refractivity contribution is 7.90. The quantitative estimate of drug-likeness (QED) is 0.598. The minimum Gasteiger partial charge on any atom is -0.496 e. The van der Waals surface area contributed by atoms with Crippen LogP contribution >= 0.6 is 0 Å². The van der Waals surface area contributed by atoms with Crippen LogP contribution in [0.1, 0.15) is 16.7 Å². The van der Waals surface area contributed by atoms with E-state index in [9.17, 15) is 8.42 Å². The zero-order chi connectivity index (χ0) is 19.2. The maximum Gasteiger partial charge on any atom is 0.191 e. The molecule has 0 saturated carbocycles. The second kappa shape index (κ2) is 8.71. The zero-order valence-corrected chi connectivity index (χ0v) is 16.4. The van der Waals surface area contributed by atoms with Gasteiger partial charge in [0.1, 0.15) is 5.75 Å². The molecule has 0 saturated heterocycles. The van der Waals surface area contributed by atoms with Crippen molar-refractivity contribution in [3.05, 3.63) is 59.2 Å². The summed E-state index contributed by atoms with van der Waals surface area (Å²) in [6, 6.07) is 13.1. The Labute approximate surface area is 155 Å². The van der Waals surface area contributed by atoms with E-state index in [1.54, 1.807) is 27.1 Å². The molecular formula is C19H25N3O3S. The van der Waals surface area contributed by atoms with Crippen LogP contribution in [0.2, 0.25) is 0 Å². The van der Waals surface area contributed by atoms with Gasteiger partial charge < -0.3 is 15.4 Å². The predicted octanol–water partition coefficient (Wildman–Crippen LogP) is 2.27. The average Bonchev–Trinajstić information content (AvgIpc) is 2.61. The number of benzene rings is 2. The lowest BCUT2D eigenvalue weighted by molar-refractivity contribution is 0.409. The van der Waals surface area contributed by atoms with Crippen molar-refractivity contribution in [2.45, 2.75) is 24.9 Å². The Kier molecular flexibility index (Phi) is 6.63. The number of ether oxygens (including phenoxy) is 1. The van der Waals surface area contributed by atoms with Crippen LogP contribution in [0.4, 0.5) is 0 Å². The molecular weight excluding hydrogens is 350 g/mol. The lowest BCUT2D eigenvalue weighted by atomic mass is 10.1. The maximum absolute atomic E-state index is 11.7. The summed E-state index contributed by atoms with van der Waals surface area (Å²) in [5.74, 6) is 1.48. The van der Waals surface area contributed by atoms with E-state index in [1.807, 2.05) is 36.4 Å². The molecule has 26 heavy (non-hydrogen) atoms. The first-order valence-corrected chi connectivity index (χ1v) is 10.1. The van der Waals surface area contributed by atoms with E-state index in [0.29, 0.717) is 23.9 Å². The van der Waals surface area contributed by atoms with Gasteiger partial charge in [-0.15, -0.1) is 0 Å². The van der Waals surface area contributed by atoms with Gasteiger partial charge >= 0.3 is 0 Å². The minimum absolute atomic E-state index is 0.361. The smallest absolute Gasteiger partial charge is 0.191 e. The molecule has 0 radical (unpaired) electrons. The Balaban J connectivity index is 1.98. The van der Waals surface area contributed by atoms with Gasteiger partial charge in [-0.1, -0.05) is 30.3 Å². The zero-order valence-electron chi connectivity index (χ0n) is 15.5. The highest BCUT2D eigenvalue weighted by Crippen LogP contribution is 2.17. The third-order valence-corrected chi connectivity index (χ3v) is 5.22. The summed E-state index contributed by atoms with van der Waals surface area (Å²) in [5.41, 5.74) is 2.75. The van der Waals surface area contributed by atoms with Crippen LogP contribution in [0.15, 0.2) is 52.4 Å². The minimum atomic E-state index is -3.20. The van der Waals surface area contributed by atoms with Crippen molar-refractivity contribution in [2.24, 2.45) is 4.99 Å². The number of nitrogens with zero attached hydrogens (tertiary/aromatic N) is 1. The first-order chi connectivity index (χ1) is 12.3. The van der Waals surface area contributed by atoms with E-state index < -0.39 is 9.84 Å². The number of guanidine groups is 1. The van der Waals surface area contributed by atoms with E-state index in [2.05, 4.69) is 15.6 Å². The van der Waals surface area contributed by atoms with Crippen LogP contribution < -0.4 is 15.4 Å². The van der Waals surface area contributed by atoms with Crippen molar-refractivity contribution < 1.29 is 13.2 Å². The largest absolute Gasteiger partial charge is 0.496 e. The summed E-state index contributed by atoms with van der Waals surface area (Å²) in [4.78, 5) is 4.57. The topological polar surface area (TPSA) is 79.8 Å². The summed E-state index contributed by atoms with van der Waals surface area (Å²) < 4.78 is 28.7. The number of para-hydroxylation sites is 1. The molecule has 0 heterocycles. The highest BCUT2D eigenvalue weighted by atomic mass is 32.2. The number of hydrogen-bond acceptors (Lipinski definition) is 4. The van der Waals surface area contributed by atoms with Crippen LogP contribution in [-0.4, -0.2) is 34.8 Å². The van der Waals surface area contributed by atoms with Crippen molar-refractivity contribution in [2.75, 3.05) is 20.4 Å². The Hall–Kier alpha value is -2.54. The molecule has 2 aromatic carbocycles. The Morgan fingerprint density at radius 2 is 1.81 bits per heavy atom. The molecule has 0 aliphatic rings. The van der Waals surface area contributed by atoms with Crippen LogP contribution in [0.3, 0.4) is 0 Å². The molecule has 7 heteroatoms. The van der Waals surface area contributed by atoms with E-state index in [-0.39, 0.29) is 0 Å². The van der Waals surface area contributed by atoms with Gasteiger partial charge in [-0.05, 0) is 30.2 Å². The van der Waals surface area contributed by atoms with Gasteiger partial charge in [0.2, 0.25) is 0 Å². The summed E-state index contributed by atoms with van der Waals surface area (Å²) in [7, 11) is 0.151. The molecule has 0 unspecified atom stereocenters. The van der Waals surface area contributed by atoms with E-state index in [0.717, 1.165) is 22.4 Å². The molecule has 0 atom stereocenters. The SMILES string of the molecule is CN=C(NCc1ccc(S(C)(=O)=O)c(C)c1)NCc1ccccc1OC. The molecule has 6 nitrogen and oxygen atoms in total. The average molecular weight is 375 g/mol. The predicted molar refractivity (Wildman–Crippen MR) is 104 cm³/mol. The molecule has 0 aliphatic heterocycles. The van der Waals surface area contributed by atoms with Gasteiger partial charge in [-0.25, -0.2) is 8.42 Å². The normalized spacial score (nSPS) is 11.9. The maximum atomic E-state index is 11.7. The monoisotopic (exact) mass is 375 g/mol. The van der Waals surface area contributed by atoms with Crippen LogP contribution in [0, 0.1) is 6.92 Å². The molecule has 0 aromatic heterocycles. The Morgan fingerprint density at radius 1 is 1.12 bits per heavy atom. The highest BCUT2D eigenvalue weighted by Gasteiger charge is 2.11. The number of methoxy groups -OCH3 is 1. The fourth-order valence-corrected chi connectivity index (χ4v) is 3.63. The first kappa shape index (κ1) is 19.8. The molecule has 0 bridgehead atoms. The summed E-state index contributed by atoms with van der Waals surface area (Å²) in [6.07, 6.45) is 1.22. The van der Waals surface area contributed by atoms with Gasteiger partial charge in [-0.3, -0.25) is 4.99 Å². The van der Waals surface area contributed by atoms with Crippen LogP contribution in [-0.2, 0) is 22.9 Å². The van der Waals surface area contributed by atoms with Crippen molar-refractivity contribution in [1.29, 1.82) is 0 Å². The lowest BCUT2D eigenvalue weighted by Gasteiger charge is -2.14. The third-order valence-electron chi connectivity index (χ3n) is 3.96. The first-order valence-electron chi connectivity index (χ1n) is 8.21. The molecule has 0 aliphatic carbocycles. The van der Waals surface area contributed by atoms with E-state index in [4.69, 9.17) is 4.74 Å². The number of hydrogen-bond donors (Lipinski definition) is 2. The molecule has 2 aromatic rings. The number of aryl methyl sites for hydroxylation is 1. The second-order valence-corrected chi connectivity index (χ2v) is 7.95. The number of sulfone groups is 1. The number of aliphatic imine (C=N–C) groups is 1. The standard InChI is InChI=1S/C19H25N3O3S/c1-14-11-15(9-10-18(14)26(4,23)24)12-21-19(20-2)22-13-16-7-5-6-8-17(16)25-3/h5-11H,12-13H2,1-4H3,(H2,20,21,22). The Bertz CT molecular complexity index is 893. The van der Waals surface area contributed by atoms with Crippen molar-refractivity contribution in [1.82, 2.24) is 10.6 Å². The summed E-state index contributed by atoms with van der Waals surface area (Å²) in [5, 5.41) is 6.47. The van der Waals surface area contributed by atoms with E-state index in [1.165, 1.54) is 6.26 Å². The third kappa shape index (κ3) is 5.23. The van der Waals surface area contributed by atoms with Crippen molar-refractivity contribution in [3.8, 4) is 5.75 Å². The second-order valence-electron chi connectivity index (χ2n) is 5.96. The Morgan fingerprint density at radius 3 is 2.42 bits per heavy atom. The van der Waals surface area contributed by atoms with Crippen LogP contribution in [0.5, 0.6) is 5.75 Å². The molecule has 2 N–H and O–H groups in total. The fraction of sp³-hybridized carbons (Fsp3) is 0.316. The molecule has 0 fully saturated rings. The lowest BCUT2D eigenvalue weighted by Crippen LogP contribution is -2.36. The van der Waals surface area contributed by atoms with Gasteiger partial charge in [-0.2, -0.15) is 0 Å². The van der Waals surface area contributed by atoms with Gasteiger partial charge in [0.15, 0.2) is 15.8 Å². The fourth-order valence-electron chi connectivity index (χ4n) is 2.67. The van der Waals surface area contributed by atoms with Gasteiger partial charge in [0.25, 0.3) is 0 Å². The number of nitrogens with one attached hydrogen (secondary N) is 2. The summed E-state index contributed by atoms with van der Waals surface area (Å²) >= 11 is 0. The van der Waals surface area contributed by atoms with E-state index >= 15 is 0 Å².